The van der Waals surface area contributed by atoms with E-state index in [-0.39, 0.29) is 5.91 Å². The molecule has 0 bridgehead atoms. The number of nitrogens with two attached hydrogens (primary N) is 1. The lowest BCUT2D eigenvalue weighted by molar-refractivity contribution is 0.0951. The molecule has 0 atom stereocenters. The Hall–Kier alpha value is -1.49. The molecular formula is C11H15N3OS. The average Bonchev–Trinajstić information content (AvgIpc) is 2.29. The number of nitrogens with one attached hydrogen (secondary N) is 1. The molecule has 5 heteroatoms. The molecule has 1 heterocycles. The number of rotatable bonds is 6. The molecule has 0 aliphatic carbocycles. The first-order valence-electron chi connectivity index (χ1n) is 4.92. The average molecular weight is 237 g/mol. The summed E-state index contributed by atoms with van der Waals surface area (Å²) in [4.78, 5) is 15.5. The van der Waals surface area contributed by atoms with Crippen LogP contribution in [0.4, 0.5) is 5.69 Å². The van der Waals surface area contributed by atoms with Crippen LogP contribution in [0, 0.1) is 0 Å². The first-order chi connectivity index (χ1) is 7.74. The fraction of sp³-hybridized carbons (Fsp3) is 0.273. The molecule has 1 aromatic heterocycles. The molecule has 0 saturated carbocycles. The van der Waals surface area contributed by atoms with Crippen LogP contribution in [0.15, 0.2) is 31.0 Å². The third-order valence-corrected chi connectivity index (χ3v) is 2.75. The quantitative estimate of drug-likeness (QED) is 0.578. The zero-order chi connectivity index (χ0) is 11.8. The Kier molecular flexibility index (Phi) is 5.42. The Balaban J connectivity index is 2.29. The lowest BCUT2D eigenvalue weighted by Gasteiger charge is -2.03. The predicted octanol–water partition coefficient (Wildman–Crippen LogP) is 1.31. The maximum atomic E-state index is 11.5. The fourth-order valence-electron chi connectivity index (χ4n) is 1.03. The third kappa shape index (κ3) is 4.35. The van der Waals surface area contributed by atoms with Crippen molar-refractivity contribution in [2.24, 2.45) is 0 Å². The molecule has 0 radical (unpaired) electrons. The number of nitrogens with zero attached hydrogens (tertiary/aromatic N) is 1. The van der Waals surface area contributed by atoms with Gasteiger partial charge in [-0.3, -0.25) is 4.79 Å². The summed E-state index contributed by atoms with van der Waals surface area (Å²) in [6, 6.07) is 3.27. The van der Waals surface area contributed by atoms with Crippen molar-refractivity contribution >= 4 is 23.4 Å². The molecule has 16 heavy (non-hydrogen) atoms. The van der Waals surface area contributed by atoms with Crippen molar-refractivity contribution in [1.82, 2.24) is 10.3 Å². The van der Waals surface area contributed by atoms with Gasteiger partial charge in [0.1, 0.15) is 5.69 Å². The van der Waals surface area contributed by atoms with Crippen LogP contribution in [0.3, 0.4) is 0 Å². The molecule has 1 rings (SSSR count). The first kappa shape index (κ1) is 12.6. The number of amides is 1. The number of carbonyl (C=O) groups is 1. The minimum atomic E-state index is -0.167. The number of pyridine rings is 1. The van der Waals surface area contributed by atoms with Crippen LogP contribution in [-0.2, 0) is 0 Å². The van der Waals surface area contributed by atoms with Gasteiger partial charge in [-0.25, -0.2) is 4.98 Å². The second-order valence-corrected chi connectivity index (χ2v) is 4.25. The highest BCUT2D eigenvalue weighted by atomic mass is 32.2. The lowest BCUT2D eigenvalue weighted by Crippen LogP contribution is -2.26. The highest BCUT2D eigenvalue weighted by Gasteiger charge is 2.04. The van der Waals surface area contributed by atoms with E-state index in [1.54, 1.807) is 23.9 Å². The number of nitrogen functional groups attached to an aromatic ring is 1. The van der Waals surface area contributed by atoms with E-state index in [9.17, 15) is 4.79 Å². The minimum absolute atomic E-state index is 0.167. The molecule has 1 aromatic rings. The van der Waals surface area contributed by atoms with Crippen molar-refractivity contribution in [3.63, 3.8) is 0 Å². The molecule has 0 aromatic carbocycles. The van der Waals surface area contributed by atoms with Gasteiger partial charge in [0.15, 0.2) is 0 Å². The second-order valence-electron chi connectivity index (χ2n) is 3.10. The van der Waals surface area contributed by atoms with E-state index in [0.29, 0.717) is 17.9 Å². The van der Waals surface area contributed by atoms with E-state index < -0.39 is 0 Å². The van der Waals surface area contributed by atoms with Crippen LogP contribution in [0.25, 0.3) is 0 Å². The number of aromatic nitrogens is 1. The second kappa shape index (κ2) is 6.90. The minimum Gasteiger partial charge on any atom is -0.397 e. The van der Waals surface area contributed by atoms with Crippen molar-refractivity contribution < 1.29 is 4.79 Å². The SMILES string of the molecule is C=CCSCCNC(=O)c1ccc(N)cn1. The number of carbonyl (C=O) groups excluding carboxylic acids is 1. The Morgan fingerprint density at radius 1 is 1.62 bits per heavy atom. The molecule has 0 spiro atoms. The number of anilines is 1. The van der Waals surface area contributed by atoms with Gasteiger partial charge in [0, 0.05) is 18.1 Å². The molecule has 0 aliphatic rings. The molecule has 0 fully saturated rings. The van der Waals surface area contributed by atoms with Crippen LogP contribution >= 0.6 is 11.8 Å². The highest BCUT2D eigenvalue weighted by Crippen LogP contribution is 2.01. The van der Waals surface area contributed by atoms with Crippen molar-refractivity contribution in [2.45, 2.75) is 0 Å². The predicted molar refractivity (Wildman–Crippen MR) is 68.5 cm³/mol. The monoisotopic (exact) mass is 237 g/mol. The number of hydrogen-bond acceptors (Lipinski definition) is 4. The van der Waals surface area contributed by atoms with Gasteiger partial charge in [0.2, 0.25) is 0 Å². The van der Waals surface area contributed by atoms with Crippen LogP contribution in [0.5, 0.6) is 0 Å². The number of thioether (sulfide) groups is 1. The summed E-state index contributed by atoms with van der Waals surface area (Å²) >= 11 is 1.72. The zero-order valence-corrected chi connectivity index (χ0v) is 9.80. The van der Waals surface area contributed by atoms with E-state index in [4.69, 9.17) is 5.73 Å². The first-order valence-corrected chi connectivity index (χ1v) is 6.08. The van der Waals surface area contributed by atoms with Crippen molar-refractivity contribution in [2.75, 3.05) is 23.8 Å². The summed E-state index contributed by atoms with van der Waals surface area (Å²) in [6.45, 7) is 4.25. The summed E-state index contributed by atoms with van der Waals surface area (Å²) in [5, 5.41) is 2.78. The molecule has 1 amide bonds. The summed E-state index contributed by atoms with van der Waals surface area (Å²) < 4.78 is 0. The van der Waals surface area contributed by atoms with E-state index in [0.717, 1.165) is 11.5 Å². The molecule has 0 saturated heterocycles. The van der Waals surface area contributed by atoms with Crippen molar-refractivity contribution in [1.29, 1.82) is 0 Å². The van der Waals surface area contributed by atoms with E-state index in [1.165, 1.54) is 6.20 Å². The topological polar surface area (TPSA) is 68.0 Å². The standard InChI is InChI=1S/C11H15N3OS/c1-2-6-16-7-5-13-11(15)10-4-3-9(12)8-14-10/h2-4,8H,1,5-7,12H2,(H,13,15). The van der Waals surface area contributed by atoms with Gasteiger partial charge in [0.25, 0.3) is 5.91 Å². The molecular weight excluding hydrogens is 222 g/mol. The van der Waals surface area contributed by atoms with Gasteiger partial charge < -0.3 is 11.1 Å². The smallest absolute Gasteiger partial charge is 0.269 e. The summed E-state index contributed by atoms with van der Waals surface area (Å²) in [6.07, 6.45) is 3.31. The van der Waals surface area contributed by atoms with E-state index >= 15 is 0 Å². The lowest BCUT2D eigenvalue weighted by atomic mass is 10.3. The van der Waals surface area contributed by atoms with E-state index in [2.05, 4.69) is 16.9 Å². The highest BCUT2D eigenvalue weighted by molar-refractivity contribution is 7.99. The summed E-state index contributed by atoms with van der Waals surface area (Å²) in [7, 11) is 0. The molecule has 4 nitrogen and oxygen atoms in total. The van der Waals surface area contributed by atoms with Crippen LogP contribution in [0.1, 0.15) is 10.5 Å². The zero-order valence-electron chi connectivity index (χ0n) is 8.98. The maximum Gasteiger partial charge on any atom is 0.269 e. The normalized spacial score (nSPS) is 9.75. The molecule has 0 aliphatic heterocycles. The Morgan fingerprint density at radius 3 is 3.06 bits per heavy atom. The largest absolute Gasteiger partial charge is 0.397 e. The third-order valence-electron chi connectivity index (χ3n) is 1.79. The number of hydrogen-bond donors (Lipinski definition) is 2. The van der Waals surface area contributed by atoms with Crippen molar-refractivity contribution in [3.8, 4) is 0 Å². The molecule has 86 valence electrons. The van der Waals surface area contributed by atoms with Gasteiger partial charge in [-0.05, 0) is 12.1 Å². The van der Waals surface area contributed by atoms with Gasteiger partial charge in [-0.15, -0.1) is 6.58 Å². The Morgan fingerprint density at radius 2 is 2.44 bits per heavy atom. The molecule has 3 N–H and O–H groups in total. The van der Waals surface area contributed by atoms with Crippen molar-refractivity contribution in [3.05, 3.63) is 36.7 Å². The maximum absolute atomic E-state index is 11.5. The van der Waals surface area contributed by atoms with Gasteiger partial charge in [0.05, 0.1) is 11.9 Å². The van der Waals surface area contributed by atoms with Crippen LogP contribution < -0.4 is 11.1 Å². The molecule has 0 unspecified atom stereocenters. The van der Waals surface area contributed by atoms with E-state index in [1.807, 2.05) is 6.08 Å². The Bertz CT molecular complexity index is 351. The van der Waals surface area contributed by atoms with Crippen LogP contribution in [-0.4, -0.2) is 28.9 Å². The Labute approximate surface area is 99.3 Å². The summed E-state index contributed by atoms with van der Waals surface area (Å²) in [5.41, 5.74) is 6.42. The van der Waals surface area contributed by atoms with Gasteiger partial charge in [-0.1, -0.05) is 6.08 Å². The summed E-state index contributed by atoms with van der Waals surface area (Å²) in [5.74, 6) is 1.60. The van der Waals surface area contributed by atoms with Crippen LogP contribution in [0.2, 0.25) is 0 Å². The fourth-order valence-corrected chi connectivity index (χ4v) is 1.61. The van der Waals surface area contributed by atoms with Gasteiger partial charge >= 0.3 is 0 Å². The van der Waals surface area contributed by atoms with Gasteiger partial charge in [-0.2, -0.15) is 11.8 Å².